The number of nitrogens with zero attached hydrogens (tertiary/aromatic N) is 2. The smallest absolute Gasteiger partial charge is 0.405 e. The van der Waals surface area contributed by atoms with E-state index in [0.29, 0.717) is 30.4 Å². The molecule has 18 heteroatoms. The number of aromatic nitrogens is 1. The van der Waals surface area contributed by atoms with Crippen molar-refractivity contribution in [2.45, 2.75) is 87.3 Å². The molecule has 0 spiro atoms. The molecule has 0 unspecified atom stereocenters. The molecule has 15 nitrogen and oxygen atoms in total. The van der Waals surface area contributed by atoms with Crippen LogP contribution in [0.4, 0.5) is 13.6 Å². The van der Waals surface area contributed by atoms with Crippen molar-refractivity contribution in [3.05, 3.63) is 36.3 Å². The van der Waals surface area contributed by atoms with E-state index in [4.69, 9.17) is 14.2 Å². The molecule has 3 fully saturated rings. The fraction of sp³-hybridized carbons (Fsp3) is 0.583. The van der Waals surface area contributed by atoms with E-state index in [9.17, 15) is 41.5 Å². The van der Waals surface area contributed by atoms with Gasteiger partial charge in [0.25, 0.3) is 5.91 Å². The number of carbonyl (C=O) groups is 4. The predicted octanol–water partition coefficient (Wildman–Crippen LogP) is 3.21. The largest absolute Gasteiger partial charge is 0.494 e. The molecule has 2 aliphatic heterocycles. The molecule has 0 radical (unpaired) electrons. The molecule has 1 aromatic carbocycles. The van der Waals surface area contributed by atoms with Gasteiger partial charge in [-0.25, -0.2) is 27.0 Å². The van der Waals surface area contributed by atoms with Gasteiger partial charge in [0.05, 0.1) is 32.3 Å². The summed E-state index contributed by atoms with van der Waals surface area (Å²) in [5.41, 5.74) is -1.72. The van der Waals surface area contributed by atoms with Gasteiger partial charge < -0.3 is 34.9 Å². The van der Waals surface area contributed by atoms with Crippen LogP contribution in [0.2, 0.25) is 0 Å². The summed E-state index contributed by atoms with van der Waals surface area (Å²) in [6.07, 6.45) is 4.29. The Labute approximate surface area is 311 Å². The lowest BCUT2D eigenvalue weighted by atomic mass is 9.88. The zero-order valence-corrected chi connectivity index (χ0v) is 31.2. The van der Waals surface area contributed by atoms with Gasteiger partial charge in [-0.3, -0.25) is 19.1 Å². The fourth-order valence-electron chi connectivity index (χ4n) is 7.65. The molecule has 2 aromatic rings. The molecule has 4 amide bonds. The average molecular weight is 778 g/mol. The first-order chi connectivity index (χ1) is 25.6. The van der Waals surface area contributed by atoms with Crippen molar-refractivity contribution in [2.24, 2.45) is 17.8 Å². The summed E-state index contributed by atoms with van der Waals surface area (Å²) in [5, 5.41) is 15.4. The van der Waals surface area contributed by atoms with Crippen molar-refractivity contribution >= 4 is 44.6 Å². The maximum absolute atomic E-state index is 15.0. The molecule has 3 heterocycles. The number of nitrogens with one attached hydrogen (secondary N) is 3. The molecule has 2 aliphatic carbocycles. The normalized spacial score (nSPS) is 29.5. The number of halogens is 2. The number of rotatable bonds is 9. The van der Waals surface area contributed by atoms with Gasteiger partial charge >= 0.3 is 6.09 Å². The maximum Gasteiger partial charge on any atom is 0.405 e. The highest BCUT2D eigenvalue weighted by molar-refractivity contribution is 7.91. The van der Waals surface area contributed by atoms with Crippen LogP contribution in [0.5, 0.6) is 17.4 Å². The third-order valence-electron chi connectivity index (χ3n) is 11.1. The molecule has 6 rings (SSSR count). The van der Waals surface area contributed by atoms with E-state index in [-0.39, 0.29) is 55.2 Å². The molecule has 7 atom stereocenters. The standard InChI is InChI=1S/C36H45F2N5O10S/c1-19-7-5-6-8-21-15-36(21,33(46)42-54(49,50)35(18-37)9-10-35)41-30(44)26-12-22(17-43(26)32(45)29(20(2)11-19)40-34(47)48)53-31-24-13-25(38)27(51-3)14-23(24)28(52-4)16-39-31/h6,8,13-14,16,19-22,26,29,40H,5,7,9-12,15,17-18H2,1-4H3,(H,41,44)(H,42,46)(H,47,48)/t19-,20-,21-,22-,26+,29+,36-/m1/s1. The average Bonchev–Trinajstić information content (AvgIpc) is 4.03. The predicted molar refractivity (Wildman–Crippen MR) is 190 cm³/mol. The summed E-state index contributed by atoms with van der Waals surface area (Å²) in [7, 11) is -1.70. The number of alkyl halides is 1. The molecular weight excluding hydrogens is 732 g/mol. The number of ether oxygens (including phenoxy) is 3. The topological polar surface area (TPSA) is 203 Å². The van der Waals surface area contributed by atoms with E-state index in [1.54, 1.807) is 13.0 Å². The van der Waals surface area contributed by atoms with Crippen molar-refractivity contribution in [3.8, 4) is 17.4 Å². The number of allylic oxidation sites excluding steroid dienone is 1. The van der Waals surface area contributed by atoms with Crippen LogP contribution in [0, 0.1) is 23.6 Å². The molecule has 294 valence electrons. The molecule has 0 bridgehead atoms. The highest BCUT2D eigenvalue weighted by atomic mass is 32.2. The Bertz CT molecular complexity index is 1980. The summed E-state index contributed by atoms with van der Waals surface area (Å²) < 4.78 is 72.0. The Kier molecular flexibility index (Phi) is 10.7. The van der Waals surface area contributed by atoms with Crippen molar-refractivity contribution in [2.75, 3.05) is 27.4 Å². The van der Waals surface area contributed by atoms with Gasteiger partial charge in [-0.2, -0.15) is 0 Å². The second kappa shape index (κ2) is 14.8. The highest BCUT2D eigenvalue weighted by Crippen LogP contribution is 2.48. The Morgan fingerprint density at radius 1 is 1.11 bits per heavy atom. The summed E-state index contributed by atoms with van der Waals surface area (Å²) in [6.45, 7) is 2.33. The first kappa shape index (κ1) is 39.0. The monoisotopic (exact) mass is 777 g/mol. The summed E-state index contributed by atoms with van der Waals surface area (Å²) in [4.78, 5) is 60.0. The third kappa shape index (κ3) is 7.36. The van der Waals surface area contributed by atoms with Gasteiger partial charge in [-0.1, -0.05) is 26.0 Å². The first-order valence-electron chi connectivity index (χ1n) is 17.9. The summed E-state index contributed by atoms with van der Waals surface area (Å²) in [6, 6.07) is 0.00531. The van der Waals surface area contributed by atoms with Crippen LogP contribution in [0.15, 0.2) is 30.5 Å². The number of carboxylic acid groups (broad SMARTS) is 1. The molecule has 4 N–H and O–H groups in total. The second-order valence-corrected chi connectivity index (χ2v) is 17.0. The van der Waals surface area contributed by atoms with E-state index in [1.807, 2.05) is 17.7 Å². The van der Waals surface area contributed by atoms with Crippen molar-refractivity contribution in [1.82, 2.24) is 25.2 Å². The molecular formula is C36H45F2N5O10S. The van der Waals surface area contributed by atoms with Gasteiger partial charge in [0.2, 0.25) is 27.7 Å². The van der Waals surface area contributed by atoms with Crippen molar-refractivity contribution in [1.29, 1.82) is 0 Å². The molecule has 4 aliphatic rings. The molecule has 1 saturated heterocycles. The van der Waals surface area contributed by atoms with Crippen LogP contribution in [-0.2, 0) is 24.4 Å². The number of fused-ring (bicyclic) bond motifs is 3. The Balaban J connectivity index is 1.36. The van der Waals surface area contributed by atoms with Crippen LogP contribution in [0.1, 0.15) is 58.8 Å². The summed E-state index contributed by atoms with van der Waals surface area (Å²) >= 11 is 0. The number of sulfonamides is 1. The van der Waals surface area contributed by atoms with E-state index in [1.165, 1.54) is 31.4 Å². The van der Waals surface area contributed by atoms with Gasteiger partial charge in [0.1, 0.15) is 40.9 Å². The Morgan fingerprint density at radius 3 is 2.48 bits per heavy atom. The van der Waals surface area contributed by atoms with Crippen LogP contribution in [-0.4, -0.2) is 103 Å². The van der Waals surface area contributed by atoms with Crippen LogP contribution >= 0.6 is 0 Å². The lowest BCUT2D eigenvalue weighted by molar-refractivity contribution is -0.142. The zero-order chi connectivity index (χ0) is 39.2. The Hall–Kier alpha value is -4.74. The van der Waals surface area contributed by atoms with E-state index in [0.717, 1.165) is 6.07 Å². The summed E-state index contributed by atoms with van der Waals surface area (Å²) in [5.74, 6) is -4.07. The molecule has 1 aromatic heterocycles. The fourth-order valence-corrected chi connectivity index (χ4v) is 9.07. The SMILES string of the molecule is COc1cc2c(OC)cnc(O[C@@H]3C[C@H]4C(=O)N[C@]5(C(=O)NS(=O)(=O)C6(CF)CC6)C[C@H]5C=CCC[C@@H](C)C[C@@H](C)[C@H](NC(=O)O)C(=O)N4C3)c2cc1F. The van der Waals surface area contributed by atoms with Crippen LogP contribution in [0.25, 0.3) is 10.8 Å². The lowest BCUT2D eigenvalue weighted by Crippen LogP contribution is -2.59. The zero-order valence-electron chi connectivity index (χ0n) is 30.4. The van der Waals surface area contributed by atoms with Crippen LogP contribution in [0.3, 0.4) is 0 Å². The molecule has 2 saturated carbocycles. The minimum absolute atomic E-state index is 0.0364. The minimum Gasteiger partial charge on any atom is -0.494 e. The first-order valence-corrected chi connectivity index (χ1v) is 19.3. The number of carbonyl (C=O) groups excluding carboxylic acids is 3. The van der Waals surface area contributed by atoms with Gasteiger partial charge in [0.15, 0.2) is 11.6 Å². The number of hydrogen-bond acceptors (Lipinski definition) is 10. The molecule has 54 heavy (non-hydrogen) atoms. The van der Waals surface area contributed by atoms with Crippen molar-refractivity contribution < 1.29 is 55.7 Å². The number of methoxy groups -OCH3 is 2. The van der Waals surface area contributed by atoms with Gasteiger partial charge in [0, 0.05) is 17.7 Å². The number of amides is 4. The lowest BCUT2D eigenvalue weighted by Gasteiger charge is -2.32. The second-order valence-electron chi connectivity index (χ2n) is 14.9. The van der Waals surface area contributed by atoms with Gasteiger partial charge in [-0.15, -0.1) is 0 Å². The van der Waals surface area contributed by atoms with Crippen LogP contribution < -0.4 is 29.6 Å². The maximum atomic E-state index is 15.0. The van der Waals surface area contributed by atoms with E-state index in [2.05, 4.69) is 15.6 Å². The number of benzene rings is 1. The quantitative estimate of drug-likeness (QED) is 0.273. The Morgan fingerprint density at radius 2 is 1.83 bits per heavy atom. The number of pyridine rings is 1. The highest BCUT2D eigenvalue weighted by Gasteiger charge is 2.64. The van der Waals surface area contributed by atoms with E-state index >= 15 is 0 Å². The third-order valence-corrected chi connectivity index (χ3v) is 13.2. The van der Waals surface area contributed by atoms with Gasteiger partial charge in [-0.05, 0) is 62.5 Å². The van der Waals surface area contributed by atoms with E-state index < -0.39 is 86.6 Å². The minimum atomic E-state index is -4.42. The van der Waals surface area contributed by atoms with Crippen molar-refractivity contribution in [3.63, 3.8) is 0 Å². The number of hydrogen-bond donors (Lipinski definition) is 4.